The lowest BCUT2D eigenvalue weighted by Gasteiger charge is -2.13. The highest BCUT2D eigenvalue weighted by molar-refractivity contribution is 5.96. The van der Waals surface area contributed by atoms with Crippen molar-refractivity contribution in [3.05, 3.63) is 73.1 Å². The third kappa shape index (κ3) is 5.11. The fraction of sp³-hybridized carbons (Fsp3) is 0.0909. The van der Waals surface area contributed by atoms with Crippen molar-refractivity contribution < 1.29 is 14.3 Å². The summed E-state index contributed by atoms with van der Waals surface area (Å²) in [5, 5.41) is 11.2. The number of benzene rings is 2. The summed E-state index contributed by atoms with van der Waals surface area (Å²) in [5.41, 5.74) is 7.17. The number of ether oxygens (including phenoxy) is 2. The normalized spacial score (nSPS) is 9.97. The summed E-state index contributed by atoms with van der Waals surface area (Å²) in [6.45, 7) is 3.65. The molecule has 0 saturated carbocycles. The van der Waals surface area contributed by atoms with Crippen LogP contribution in [-0.4, -0.2) is 29.0 Å². The standard InChI is InChI=1S/C22H19N5O3/c1-15(13-23)21(28)25-11-12-29-22-19(20(24)26-14-27-22)16-7-9-18(10-8-16)30-17-5-3-2-4-6-17/h2-10,14H,1,11-12H2,(H,25,28)(H2,24,26,27). The van der Waals surface area contributed by atoms with E-state index in [1.807, 2.05) is 54.6 Å². The number of nitriles is 1. The number of carbonyl (C=O) groups excluding carboxylic acids is 1. The highest BCUT2D eigenvalue weighted by atomic mass is 16.5. The first-order chi connectivity index (χ1) is 14.6. The van der Waals surface area contributed by atoms with Crippen LogP contribution in [0.2, 0.25) is 0 Å². The molecule has 8 heteroatoms. The highest BCUT2D eigenvalue weighted by Gasteiger charge is 2.14. The average Bonchev–Trinajstić information content (AvgIpc) is 2.77. The molecule has 0 aliphatic rings. The zero-order chi connectivity index (χ0) is 21.3. The predicted octanol–water partition coefficient (Wildman–Crippen LogP) is 3.09. The lowest BCUT2D eigenvalue weighted by Crippen LogP contribution is -2.28. The van der Waals surface area contributed by atoms with Gasteiger partial charge in [-0.05, 0) is 29.8 Å². The summed E-state index contributed by atoms with van der Waals surface area (Å²) < 4.78 is 11.5. The quantitative estimate of drug-likeness (QED) is 0.338. The van der Waals surface area contributed by atoms with Crippen LogP contribution in [0.15, 0.2) is 73.1 Å². The summed E-state index contributed by atoms with van der Waals surface area (Å²) in [7, 11) is 0. The van der Waals surface area contributed by atoms with Crippen LogP contribution in [0.25, 0.3) is 11.1 Å². The molecule has 1 aromatic heterocycles. The largest absolute Gasteiger partial charge is 0.475 e. The number of nitrogens with one attached hydrogen (secondary N) is 1. The van der Waals surface area contributed by atoms with Gasteiger partial charge >= 0.3 is 0 Å². The molecule has 0 aliphatic heterocycles. The molecular formula is C22H19N5O3. The number of carbonyl (C=O) groups is 1. The molecule has 0 unspecified atom stereocenters. The number of hydrogen-bond acceptors (Lipinski definition) is 7. The van der Waals surface area contributed by atoms with E-state index in [0.717, 1.165) is 11.3 Å². The van der Waals surface area contributed by atoms with Crippen molar-refractivity contribution in [1.82, 2.24) is 15.3 Å². The molecule has 3 N–H and O–H groups in total. The van der Waals surface area contributed by atoms with Gasteiger partial charge in [0.1, 0.15) is 41.9 Å². The second kappa shape index (κ2) is 9.71. The molecule has 0 atom stereocenters. The molecule has 30 heavy (non-hydrogen) atoms. The topological polar surface area (TPSA) is 123 Å². The number of amides is 1. The maximum atomic E-state index is 11.5. The number of rotatable bonds is 8. The van der Waals surface area contributed by atoms with Crippen molar-refractivity contribution in [2.24, 2.45) is 0 Å². The van der Waals surface area contributed by atoms with Gasteiger partial charge in [0.2, 0.25) is 5.88 Å². The van der Waals surface area contributed by atoms with Crippen molar-refractivity contribution >= 4 is 11.7 Å². The number of para-hydroxylation sites is 1. The maximum absolute atomic E-state index is 11.5. The summed E-state index contributed by atoms with van der Waals surface area (Å²) in [6.07, 6.45) is 1.30. The Labute approximate surface area is 173 Å². The predicted molar refractivity (Wildman–Crippen MR) is 112 cm³/mol. The Kier molecular flexibility index (Phi) is 6.59. The molecule has 3 aromatic rings. The van der Waals surface area contributed by atoms with Gasteiger partial charge in [0.05, 0.1) is 12.1 Å². The first-order valence-corrected chi connectivity index (χ1v) is 9.02. The fourth-order valence-electron chi connectivity index (χ4n) is 2.55. The summed E-state index contributed by atoms with van der Waals surface area (Å²) in [5.74, 6) is 1.41. The molecule has 150 valence electrons. The Morgan fingerprint density at radius 2 is 1.80 bits per heavy atom. The summed E-state index contributed by atoms with van der Waals surface area (Å²) >= 11 is 0. The molecule has 0 fully saturated rings. The van der Waals surface area contributed by atoms with E-state index in [4.69, 9.17) is 20.5 Å². The van der Waals surface area contributed by atoms with Gasteiger partial charge in [-0.25, -0.2) is 9.97 Å². The number of hydrogen-bond donors (Lipinski definition) is 2. The highest BCUT2D eigenvalue weighted by Crippen LogP contribution is 2.33. The minimum absolute atomic E-state index is 0.128. The molecule has 1 heterocycles. The Balaban J connectivity index is 1.69. The molecule has 8 nitrogen and oxygen atoms in total. The van der Waals surface area contributed by atoms with Crippen molar-refractivity contribution in [2.45, 2.75) is 0 Å². The Morgan fingerprint density at radius 3 is 2.50 bits per heavy atom. The number of anilines is 1. The molecule has 0 aliphatic carbocycles. The zero-order valence-corrected chi connectivity index (χ0v) is 16.0. The molecule has 0 bridgehead atoms. The number of aromatic nitrogens is 2. The van der Waals surface area contributed by atoms with Crippen LogP contribution in [-0.2, 0) is 4.79 Å². The minimum atomic E-state index is -0.544. The van der Waals surface area contributed by atoms with Crippen LogP contribution in [0.5, 0.6) is 17.4 Å². The van der Waals surface area contributed by atoms with Crippen LogP contribution in [0.4, 0.5) is 5.82 Å². The molecular weight excluding hydrogens is 382 g/mol. The van der Waals surface area contributed by atoms with Crippen LogP contribution < -0.4 is 20.5 Å². The van der Waals surface area contributed by atoms with Crippen LogP contribution in [0.1, 0.15) is 0 Å². The van der Waals surface area contributed by atoms with Gasteiger partial charge in [0.25, 0.3) is 5.91 Å². The van der Waals surface area contributed by atoms with Crippen LogP contribution in [0, 0.1) is 11.3 Å². The maximum Gasteiger partial charge on any atom is 0.261 e. The van der Waals surface area contributed by atoms with E-state index in [9.17, 15) is 4.79 Å². The van der Waals surface area contributed by atoms with Gasteiger partial charge in [-0.1, -0.05) is 36.9 Å². The van der Waals surface area contributed by atoms with E-state index in [-0.39, 0.29) is 30.4 Å². The van der Waals surface area contributed by atoms with Gasteiger partial charge in [0.15, 0.2) is 0 Å². The Bertz CT molecular complexity index is 1080. The van der Waals surface area contributed by atoms with E-state index in [0.29, 0.717) is 11.3 Å². The number of nitrogens with zero attached hydrogens (tertiary/aromatic N) is 3. The summed E-state index contributed by atoms with van der Waals surface area (Å²) in [4.78, 5) is 19.7. The van der Waals surface area contributed by atoms with Crippen LogP contribution in [0.3, 0.4) is 0 Å². The Hall–Kier alpha value is -4.38. The van der Waals surface area contributed by atoms with Gasteiger partial charge < -0.3 is 20.5 Å². The van der Waals surface area contributed by atoms with Crippen LogP contribution >= 0.6 is 0 Å². The third-order valence-corrected chi connectivity index (χ3v) is 4.00. The average molecular weight is 401 g/mol. The monoisotopic (exact) mass is 401 g/mol. The lowest BCUT2D eigenvalue weighted by atomic mass is 10.1. The zero-order valence-electron chi connectivity index (χ0n) is 16.0. The van der Waals surface area contributed by atoms with E-state index < -0.39 is 5.91 Å². The van der Waals surface area contributed by atoms with Crippen molar-refractivity contribution in [2.75, 3.05) is 18.9 Å². The van der Waals surface area contributed by atoms with Crippen molar-refractivity contribution in [3.63, 3.8) is 0 Å². The molecule has 0 radical (unpaired) electrons. The smallest absolute Gasteiger partial charge is 0.261 e. The van der Waals surface area contributed by atoms with Crippen molar-refractivity contribution in [3.8, 4) is 34.6 Å². The first kappa shape index (κ1) is 20.4. The molecule has 3 rings (SSSR count). The molecule has 1 amide bonds. The first-order valence-electron chi connectivity index (χ1n) is 9.02. The van der Waals surface area contributed by atoms with E-state index in [1.165, 1.54) is 6.33 Å². The number of nitrogens with two attached hydrogens (primary N) is 1. The van der Waals surface area contributed by atoms with E-state index >= 15 is 0 Å². The fourth-order valence-corrected chi connectivity index (χ4v) is 2.55. The van der Waals surface area contributed by atoms with E-state index in [2.05, 4.69) is 21.9 Å². The van der Waals surface area contributed by atoms with Gasteiger partial charge in [-0.3, -0.25) is 4.79 Å². The second-order valence-electron chi connectivity index (χ2n) is 6.07. The minimum Gasteiger partial charge on any atom is -0.475 e. The van der Waals surface area contributed by atoms with E-state index in [1.54, 1.807) is 6.07 Å². The van der Waals surface area contributed by atoms with Gasteiger partial charge in [-0.15, -0.1) is 0 Å². The summed E-state index contributed by atoms with van der Waals surface area (Å²) in [6, 6.07) is 18.4. The van der Waals surface area contributed by atoms with Crippen molar-refractivity contribution in [1.29, 1.82) is 5.26 Å². The van der Waals surface area contributed by atoms with Gasteiger partial charge in [0, 0.05) is 0 Å². The number of nitrogen functional groups attached to an aromatic ring is 1. The lowest BCUT2D eigenvalue weighted by molar-refractivity contribution is -0.117. The second-order valence-corrected chi connectivity index (χ2v) is 6.07. The molecule has 0 spiro atoms. The molecule has 2 aromatic carbocycles. The SMILES string of the molecule is C=C(C#N)C(=O)NCCOc1ncnc(N)c1-c1ccc(Oc2ccccc2)cc1. The molecule has 0 saturated heterocycles. The van der Waals surface area contributed by atoms with Gasteiger partial charge in [-0.2, -0.15) is 5.26 Å². The Morgan fingerprint density at radius 1 is 1.10 bits per heavy atom. The third-order valence-electron chi connectivity index (χ3n) is 4.00.